The summed E-state index contributed by atoms with van der Waals surface area (Å²) in [6, 6.07) is 14.7. The number of fused-ring (bicyclic) bond motifs is 1. The van der Waals surface area contributed by atoms with Crippen LogP contribution in [0.25, 0.3) is 22.2 Å². The number of nitrogens with one attached hydrogen (secondary N) is 2. The molecule has 2 aromatic heterocycles. The van der Waals surface area contributed by atoms with Crippen LogP contribution in [0.5, 0.6) is 0 Å². The van der Waals surface area contributed by atoms with E-state index in [1.54, 1.807) is 36.5 Å². The molecule has 128 valence electrons. The zero-order chi connectivity index (χ0) is 18.1. The molecule has 4 rings (SSSR count). The van der Waals surface area contributed by atoms with Gasteiger partial charge in [0, 0.05) is 16.9 Å². The summed E-state index contributed by atoms with van der Waals surface area (Å²) in [5.74, 6) is -0.111. The summed E-state index contributed by atoms with van der Waals surface area (Å²) in [4.78, 5) is 23.9. The van der Waals surface area contributed by atoms with Crippen molar-refractivity contribution in [2.45, 2.75) is 0 Å². The number of aromatic nitrogens is 3. The Morgan fingerprint density at radius 2 is 1.73 bits per heavy atom. The fourth-order valence-corrected chi connectivity index (χ4v) is 2.79. The number of halogens is 2. The standard InChI is InChI=1S/C19H12ClFN4O/c20-12-3-1-11(2-4-12)15-9-10-22-17-16(15)18(26)25-19(24-17)23-14-7-5-13(21)6-8-14/h1-10H,(H2,22,23,24,25,26). The lowest BCUT2D eigenvalue weighted by atomic mass is 10.0. The quantitative estimate of drug-likeness (QED) is 0.559. The Morgan fingerprint density at radius 1 is 1.00 bits per heavy atom. The highest BCUT2D eigenvalue weighted by Crippen LogP contribution is 2.26. The lowest BCUT2D eigenvalue weighted by molar-refractivity contribution is 0.628. The van der Waals surface area contributed by atoms with Crippen LogP contribution in [0.1, 0.15) is 0 Å². The summed E-state index contributed by atoms with van der Waals surface area (Å²) >= 11 is 5.93. The van der Waals surface area contributed by atoms with Gasteiger partial charge in [-0.25, -0.2) is 9.37 Å². The summed E-state index contributed by atoms with van der Waals surface area (Å²) in [5, 5.41) is 3.94. The van der Waals surface area contributed by atoms with Crippen molar-refractivity contribution in [3.8, 4) is 11.1 Å². The first-order chi connectivity index (χ1) is 12.6. The molecule has 0 atom stereocenters. The summed E-state index contributed by atoms with van der Waals surface area (Å²) in [5.41, 5.74) is 2.15. The smallest absolute Gasteiger partial charge is 0.262 e. The van der Waals surface area contributed by atoms with Gasteiger partial charge in [0.15, 0.2) is 5.65 Å². The van der Waals surface area contributed by atoms with E-state index in [-0.39, 0.29) is 17.3 Å². The van der Waals surface area contributed by atoms with Crippen molar-refractivity contribution in [3.63, 3.8) is 0 Å². The maximum Gasteiger partial charge on any atom is 0.262 e. The minimum absolute atomic E-state index is 0.231. The lowest BCUT2D eigenvalue weighted by Gasteiger charge is -2.08. The van der Waals surface area contributed by atoms with E-state index in [4.69, 9.17) is 11.6 Å². The fourth-order valence-electron chi connectivity index (χ4n) is 2.66. The third kappa shape index (κ3) is 3.14. The predicted molar refractivity (Wildman–Crippen MR) is 100 cm³/mol. The second kappa shape index (κ2) is 6.57. The van der Waals surface area contributed by atoms with Gasteiger partial charge >= 0.3 is 0 Å². The highest BCUT2D eigenvalue weighted by atomic mass is 35.5. The summed E-state index contributed by atoms with van der Waals surface area (Å²) < 4.78 is 13.0. The van der Waals surface area contributed by atoms with Gasteiger partial charge in [-0.05, 0) is 53.6 Å². The Labute approximate surface area is 152 Å². The maximum absolute atomic E-state index is 13.0. The number of anilines is 2. The molecule has 0 radical (unpaired) electrons. The summed E-state index contributed by atoms with van der Waals surface area (Å²) in [6.07, 6.45) is 1.60. The van der Waals surface area contributed by atoms with Crippen LogP contribution in [0.15, 0.2) is 65.6 Å². The lowest BCUT2D eigenvalue weighted by Crippen LogP contribution is -2.13. The van der Waals surface area contributed by atoms with Gasteiger partial charge < -0.3 is 5.32 Å². The number of rotatable bonds is 3. The molecule has 5 nitrogen and oxygen atoms in total. The van der Waals surface area contributed by atoms with Gasteiger partial charge in [-0.1, -0.05) is 23.7 Å². The molecule has 0 bridgehead atoms. The molecule has 0 unspecified atom stereocenters. The van der Waals surface area contributed by atoms with E-state index in [9.17, 15) is 9.18 Å². The molecule has 4 aromatic rings. The summed E-state index contributed by atoms with van der Waals surface area (Å²) in [7, 11) is 0. The maximum atomic E-state index is 13.0. The van der Waals surface area contributed by atoms with E-state index in [2.05, 4.69) is 20.3 Å². The van der Waals surface area contributed by atoms with Crippen molar-refractivity contribution >= 4 is 34.3 Å². The molecule has 0 spiro atoms. The average molecular weight is 367 g/mol. The molecular formula is C19H12ClFN4O. The van der Waals surface area contributed by atoms with Crippen molar-refractivity contribution < 1.29 is 4.39 Å². The normalized spacial score (nSPS) is 10.8. The van der Waals surface area contributed by atoms with Crippen molar-refractivity contribution in [1.82, 2.24) is 15.0 Å². The first kappa shape index (κ1) is 16.2. The molecule has 0 aliphatic carbocycles. The van der Waals surface area contributed by atoms with Gasteiger partial charge in [-0.3, -0.25) is 9.78 Å². The van der Waals surface area contributed by atoms with Gasteiger partial charge in [0.1, 0.15) is 5.82 Å². The van der Waals surface area contributed by atoms with Gasteiger partial charge in [0.25, 0.3) is 5.56 Å². The summed E-state index contributed by atoms with van der Waals surface area (Å²) in [6.45, 7) is 0. The molecule has 2 aromatic carbocycles. The zero-order valence-corrected chi connectivity index (χ0v) is 14.1. The average Bonchev–Trinajstić information content (AvgIpc) is 2.64. The van der Waals surface area contributed by atoms with Crippen LogP contribution >= 0.6 is 11.6 Å². The molecule has 2 N–H and O–H groups in total. The van der Waals surface area contributed by atoms with Crippen LogP contribution in [-0.4, -0.2) is 15.0 Å². The first-order valence-corrected chi connectivity index (χ1v) is 8.15. The van der Waals surface area contributed by atoms with Crippen LogP contribution in [0, 0.1) is 5.82 Å². The van der Waals surface area contributed by atoms with E-state index >= 15 is 0 Å². The fraction of sp³-hybridized carbons (Fsp3) is 0. The third-order valence-electron chi connectivity index (χ3n) is 3.87. The van der Waals surface area contributed by atoms with Crippen molar-refractivity contribution in [3.05, 3.63) is 82.0 Å². The largest absolute Gasteiger partial charge is 0.326 e. The number of pyridine rings is 1. The zero-order valence-electron chi connectivity index (χ0n) is 13.3. The Kier molecular flexibility index (Phi) is 4.10. The van der Waals surface area contributed by atoms with Crippen LogP contribution in [-0.2, 0) is 0 Å². The molecule has 2 heterocycles. The van der Waals surface area contributed by atoms with E-state index in [0.29, 0.717) is 27.3 Å². The topological polar surface area (TPSA) is 70.7 Å². The molecule has 0 saturated heterocycles. The number of benzene rings is 2. The molecule has 0 saturated carbocycles. The molecule has 0 amide bonds. The van der Waals surface area contributed by atoms with Gasteiger partial charge in [-0.2, -0.15) is 4.98 Å². The number of nitrogens with zero attached hydrogens (tertiary/aromatic N) is 2. The number of aromatic amines is 1. The third-order valence-corrected chi connectivity index (χ3v) is 4.12. The molecule has 0 fully saturated rings. The van der Waals surface area contributed by atoms with Gasteiger partial charge in [-0.15, -0.1) is 0 Å². The van der Waals surface area contributed by atoms with Gasteiger partial charge in [0.05, 0.1) is 5.39 Å². The minimum atomic E-state index is -0.343. The SMILES string of the molecule is O=c1[nH]c(Nc2ccc(F)cc2)nc2nccc(-c3ccc(Cl)cc3)c12. The van der Waals surface area contributed by atoms with Crippen molar-refractivity contribution in [2.24, 2.45) is 0 Å². The van der Waals surface area contributed by atoms with E-state index in [1.807, 2.05) is 12.1 Å². The highest BCUT2D eigenvalue weighted by Gasteiger charge is 2.11. The second-order valence-corrected chi connectivity index (χ2v) is 6.05. The molecule has 26 heavy (non-hydrogen) atoms. The number of hydrogen-bond donors (Lipinski definition) is 2. The monoisotopic (exact) mass is 366 g/mol. The van der Waals surface area contributed by atoms with E-state index < -0.39 is 0 Å². The van der Waals surface area contributed by atoms with Crippen LogP contribution in [0.2, 0.25) is 5.02 Å². The Morgan fingerprint density at radius 3 is 2.46 bits per heavy atom. The first-order valence-electron chi connectivity index (χ1n) is 7.78. The molecule has 7 heteroatoms. The van der Waals surface area contributed by atoms with Crippen LogP contribution in [0.3, 0.4) is 0 Å². The number of H-pyrrole nitrogens is 1. The second-order valence-electron chi connectivity index (χ2n) is 5.61. The number of hydrogen-bond acceptors (Lipinski definition) is 4. The Balaban J connectivity index is 1.80. The van der Waals surface area contributed by atoms with Crippen LogP contribution < -0.4 is 10.9 Å². The Bertz CT molecular complexity index is 1140. The van der Waals surface area contributed by atoms with Crippen molar-refractivity contribution in [1.29, 1.82) is 0 Å². The molecule has 0 aliphatic heterocycles. The molecule has 0 aliphatic rings. The van der Waals surface area contributed by atoms with Gasteiger partial charge in [0.2, 0.25) is 5.95 Å². The highest BCUT2D eigenvalue weighted by molar-refractivity contribution is 6.30. The van der Waals surface area contributed by atoms with E-state index in [1.165, 1.54) is 12.1 Å². The van der Waals surface area contributed by atoms with E-state index in [0.717, 1.165) is 5.56 Å². The van der Waals surface area contributed by atoms with Crippen molar-refractivity contribution in [2.75, 3.05) is 5.32 Å². The Hall–Kier alpha value is -3.25. The predicted octanol–water partition coefficient (Wildman–Crippen LogP) is 4.52. The molecular weight excluding hydrogens is 355 g/mol. The van der Waals surface area contributed by atoms with Crippen LogP contribution in [0.4, 0.5) is 16.0 Å². The minimum Gasteiger partial charge on any atom is -0.326 e.